The van der Waals surface area contributed by atoms with Crippen LogP contribution >= 0.6 is 0 Å². The number of rotatable bonds is 17. The minimum atomic E-state index is -2.74. The van der Waals surface area contributed by atoms with E-state index in [1.807, 2.05) is 63.2 Å². The minimum absolute atomic E-state index is 0.395. The summed E-state index contributed by atoms with van der Waals surface area (Å²) >= 11 is 0. The Morgan fingerprint density at radius 1 is 0.595 bits per heavy atom. The number of hydrogen-bond acceptors (Lipinski definition) is 7. The number of nitrogens with zero attached hydrogens (tertiary/aromatic N) is 2. The summed E-state index contributed by atoms with van der Waals surface area (Å²) in [6.07, 6.45) is 12.5. The maximum Gasteiger partial charge on any atom is 0.528 e. The predicted octanol–water partition coefficient (Wildman–Crippen LogP) is 6.21. The highest BCUT2D eigenvalue weighted by Crippen LogP contribution is 2.24. The third-order valence-electron chi connectivity index (χ3n) is 6.11. The summed E-state index contributed by atoms with van der Waals surface area (Å²) in [5.74, 6) is 13.7. The van der Waals surface area contributed by atoms with Crippen molar-refractivity contribution in [3.63, 3.8) is 0 Å². The smallest absolute Gasteiger partial charge is 0.491 e. The SMILES string of the molecule is CCO[Si](COCCCCCCCOc1c(C#Cc2ccncc2)cccc1C#Cc1ccncc1)(OCC)OCC. The second-order valence-electron chi connectivity index (χ2n) is 9.30. The Morgan fingerprint density at radius 2 is 1.07 bits per heavy atom. The molecule has 0 saturated carbocycles. The lowest BCUT2D eigenvalue weighted by atomic mass is 10.1. The van der Waals surface area contributed by atoms with Crippen molar-refractivity contribution >= 4 is 8.80 Å². The van der Waals surface area contributed by atoms with Crippen LogP contribution in [0.4, 0.5) is 0 Å². The largest absolute Gasteiger partial charge is 0.528 e. The number of hydrogen-bond donors (Lipinski definition) is 0. The van der Waals surface area contributed by atoms with Crippen molar-refractivity contribution in [3.8, 4) is 29.4 Å². The monoisotopic (exact) mass is 586 g/mol. The van der Waals surface area contributed by atoms with Crippen molar-refractivity contribution in [2.75, 3.05) is 39.3 Å². The summed E-state index contributed by atoms with van der Waals surface area (Å²) in [7, 11) is -2.74. The lowest BCUT2D eigenvalue weighted by molar-refractivity contribution is 0.0294. The first-order valence-corrected chi connectivity index (χ1v) is 16.7. The van der Waals surface area contributed by atoms with E-state index in [2.05, 4.69) is 33.6 Å². The van der Waals surface area contributed by atoms with E-state index in [4.69, 9.17) is 22.8 Å². The minimum Gasteiger partial charge on any atom is -0.491 e. The fourth-order valence-electron chi connectivity index (χ4n) is 4.16. The molecule has 0 spiro atoms. The topological polar surface area (TPSA) is 71.9 Å². The first-order chi connectivity index (χ1) is 20.7. The van der Waals surface area contributed by atoms with Crippen LogP contribution in [0.3, 0.4) is 0 Å². The van der Waals surface area contributed by atoms with E-state index >= 15 is 0 Å². The molecule has 3 aromatic rings. The highest BCUT2D eigenvalue weighted by atomic mass is 28.4. The molecule has 0 aliphatic carbocycles. The van der Waals surface area contributed by atoms with Crippen LogP contribution < -0.4 is 4.74 Å². The molecular formula is C34H42N2O5Si. The Morgan fingerprint density at radius 3 is 1.57 bits per heavy atom. The van der Waals surface area contributed by atoms with Crippen molar-refractivity contribution in [1.82, 2.24) is 9.97 Å². The van der Waals surface area contributed by atoms with E-state index < -0.39 is 8.80 Å². The molecule has 0 amide bonds. The van der Waals surface area contributed by atoms with E-state index in [0.717, 1.165) is 60.1 Å². The summed E-state index contributed by atoms with van der Waals surface area (Å²) in [6, 6.07) is 13.5. The molecule has 0 unspecified atom stereocenters. The van der Waals surface area contributed by atoms with Crippen molar-refractivity contribution in [2.45, 2.75) is 52.9 Å². The van der Waals surface area contributed by atoms with Gasteiger partial charge in [0.15, 0.2) is 5.75 Å². The van der Waals surface area contributed by atoms with Gasteiger partial charge in [-0.25, -0.2) is 0 Å². The number of benzene rings is 1. The molecule has 0 aliphatic rings. The van der Waals surface area contributed by atoms with E-state index in [-0.39, 0.29) is 0 Å². The molecule has 2 aromatic heterocycles. The quantitative estimate of drug-likeness (QED) is 0.106. The summed E-state index contributed by atoms with van der Waals surface area (Å²) in [4.78, 5) is 8.13. The normalized spacial score (nSPS) is 10.8. The molecule has 0 bridgehead atoms. The van der Waals surface area contributed by atoms with Crippen LogP contribution in [0.1, 0.15) is 75.1 Å². The summed E-state index contributed by atoms with van der Waals surface area (Å²) in [5, 5.41) is 0. The lowest BCUT2D eigenvalue weighted by Crippen LogP contribution is -2.51. The van der Waals surface area contributed by atoms with Crippen LogP contribution in [0.15, 0.2) is 67.3 Å². The van der Waals surface area contributed by atoms with Crippen molar-refractivity contribution in [3.05, 3.63) is 89.5 Å². The number of pyridine rings is 2. The zero-order valence-electron chi connectivity index (χ0n) is 25.1. The fourth-order valence-corrected chi connectivity index (χ4v) is 6.37. The fraction of sp³-hybridized carbons (Fsp3) is 0.412. The maximum atomic E-state index is 6.31. The molecule has 42 heavy (non-hydrogen) atoms. The average molecular weight is 587 g/mol. The van der Waals surface area contributed by atoms with Crippen LogP contribution in [-0.4, -0.2) is 58.0 Å². The standard InChI is InChI=1S/C34H42N2O5Si/c1-4-39-42(40-5-2,41-6-3)29-37-27-10-8-7-9-11-28-38-34-32(17-15-30-19-23-35-24-20-30)13-12-14-33(34)18-16-31-21-25-36-26-22-31/h12-14,19-26H,4-11,27-29H2,1-3H3. The van der Waals surface area contributed by atoms with Crippen LogP contribution in [0.25, 0.3) is 0 Å². The molecule has 0 N–H and O–H groups in total. The maximum absolute atomic E-state index is 6.31. The molecule has 222 valence electrons. The molecule has 8 heteroatoms. The van der Waals surface area contributed by atoms with E-state index in [1.54, 1.807) is 24.8 Å². The number of unbranched alkanes of at least 4 members (excludes halogenated alkanes) is 4. The molecule has 7 nitrogen and oxygen atoms in total. The van der Waals surface area contributed by atoms with Crippen LogP contribution in [0, 0.1) is 23.7 Å². The molecule has 3 rings (SSSR count). The Kier molecular flexibility index (Phi) is 15.4. The third-order valence-corrected chi connectivity index (χ3v) is 8.85. The highest BCUT2D eigenvalue weighted by Gasteiger charge is 2.41. The van der Waals surface area contributed by atoms with Gasteiger partial charge in [0, 0.05) is 62.3 Å². The van der Waals surface area contributed by atoms with E-state index in [0.29, 0.717) is 39.3 Å². The van der Waals surface area contributed by atoms with Crippen LogP contribution in [0.2, 0.25) is 0 Å². The van der Waals surface area contributed by atoms with Gasteiger partial charge in [-0.05, 0) is 70.0 Å². The highest BCUT2D eigenvalue weighted by molar-refractivity contribution is 6.60. The molecule has 2 heterocycles. The molecular weight excluding hydrogens is 544 g/mol. The molecule has 0 aliphatic heterocycles. The summed E-state index contributed by atoms with van der Waals surface area (Å²) < 4.78 is 29.7. The molecule has 0 saturated heterocycles. The van der Waals surface area contributed by atoms with Gasteiger partial charge in [-0.3, -0.25) is 9.97 Å². The first kappa shape index (κ1) is 33.0. The Hall–Kier alpha value is -3.50. The Labute approximate surface area is 252 Å². The van der Waals surface area contributed by atoms with Crippen LogP contribution in [0.5, 0.6) is 5.75 Å². The zero-order chi connectivity index (χ0) is 29.7. The van der Waals surface area contributed by atoms with E-state index in [1.165, 1.54) is 0 Å². The van der Waals surface area contributed by atoms with Gasteiger partial charge < -0.3 is 22.8 Å². The molecule has 1 aromatic carbocycles. The average Bonchev–Trinajstić information content (AvgIpc) is 3.02. The first-order valence-electron chi connectivity index (χ1n) is 14.8. The number of aromatic nitrogens is 2. The lowest BCUT2D eigenvalue weighted by Gasteiger charge is -2.28. The van der Waals surface area contributed by atoms with Gasteiger partial charge in [-0.15, -0.1) is 0 Å². The van der Waals surface area contributed by atoms with Crippen molar-refractivity contribution < 1.29 is 22.8 Å². The second kappa shape index (κ2) is 19.6. The number of para-hydroxylation sites is 1. The Bertz CT molecular complexity index is 1210. The Balaban J connectivity index is 1.50. The van der Waals surface area contributed by atoms with Gasteiger partial charge in [0.1, 0.15) is 6.23 Å². The van der Waals surface area contributed by atoms with Crippen LogP contribution in [-0.2, 0) is 18.0 Å². The summed E-state index contributed by atoms with van der Waals surface area (Å²) in [6.45, 7) is 8.79. The van der Waals surface area contributed by atoms with Crippen molar-refractivity contribution in [1.29, 1.82) is 0 Å². The second-order valence-corrected chi connectivity index (χ2v) is 11.8. The molecule has 0 radical (unpaired) electrons. The van der Waals surface area contributed by atoms with E-state index in [9.17, 15) is 0 Å². The van der Waals surface area contributed by atoms with Gasteiger partial charge >= 0.3 is 8.80 Å². The van der Waals surface area contributed by atoms with Gasteiger partial charge in [0.25, 0.3) is 0 Å². The van der Waals surface area contributed by atoms with Gasteiger partial charge in [0.2, 0.25) is 0 Å². The van der Waals surface area contributed by atoms with Gasteiger partial charge in [-0.1, -0.05) is 49.0 Å². The zero-order valence-corrected chi connectivity index (χ0v) is 26.1. The number of ether oxygens (including phenoxy) is 2. The van der Waals surface area contributed by atoms with Gasteiger partial charge in [0.05, 0.1) is 17.7 Å². The predicted molar refractivity (Wildman–Crippen MR) is 167 cm³/mol. The van der Waals surface area contributed by atoms with Gasteiger partial charge in [-0.2, -0.15) is 0 Å². The molecule has 0 fully saturated rings. The molecule has 0 atom stereocenters. The van der Waals surface area contributed by atoms with Crippen molar-refractivity contribution in [2.24, 2.45) is 0 Å². The summed E-state index contributed by atoms with van der Waals surface area (Å²) in [5.41, 5.74) is 3.43. The third kappa shape index (κ3) is 11.8.